The fourth-order valence-electron chi connectivity index (χ4n) is 1.49. The van der Waals surface area contributed by atoms with E-state index in [0.29, 0.717) is 17.3 Å². The summed E-state index contributed by atoms with van der Waals surface area (Å²) in [4.78, 5) is 3.94. The maximum absolute atomic E-state index is 5.90. The van der Waals surface area contributed by atoms with E-state index in [-0.39, 0.29) is 0 Å². The fourth-order valence-corrected chi connectivity index (χ4v) is 1.68. The zero-order chi connectivity index (χ0) is 11.0. The third-order valence-corrected chi connectivity index (χ3v) is 2.48. The first kappa shape index (κ1) is 9.29. The van der Waals surface area contributed by atoms with E-state index in [1.54, 1.807) is 27.7 Å². The molecule has 0 aliphatic heterocycles. The van der Waals surface area contributed by atoms with Gasteiger partial charge in [-0.1, -0.05) is 11.6 Å². The van der Waals surface area contributed by atoms with Crippen molar-refractivity contribution >= 4 is 17.2 Å². The molecule has 0 spiro atoms. The molecule has 0 amide bonds. The van der Waals surface area contributed by atoms with Crippen molar-refractivity contribution in [1.82, 2.24) is 29.4 Å². The zero-order valence-electron chi connectivity index (χ0n) is 8.16. The van der Waals surface area contributed by atoms with Crippen LogP contribution in [0.15, 0.2) is 30.9 Å². The van der Waals surface area contributed by atoms with Crippen molar-refractivity contribution in [3.63, 3.8) is 0 Å². The van der Waals surface area contributed by atoms with Crippen molar-refractivity contribution in [1.29, 1.82) is 0 Å². The standard InChI is InChI=1S/C9H7ClN6/c10-8-9-14-13-7(16(9)5-3-11-8)6-15-4-1-2-12-15/h1-5H,6H2. The lowest BCUT2D eigenvalue weighted by molar-refractivity contribution is 0.649. The lowest BCUT2D eigenvalue weighted by Gasteiger charge is -1.99. The first-order valence-corrected chi connectivity index (χ1v) is 5.04. The number of rotatable bonds is 2. The lowest BCUT2D eigenvalue weighted by Crippen LogP contribution is -2.04. The Kier molecular flexibility index (Phi) is 2.07. The molecule has 3 aromatic rings. The summed E-state index contributed by atoms with van der Waals surface area (Å²) in [5.41, 5.74) is 0.561. The van der Waals surface area contributed by atoms with Crippen molar-refractivity contribution in [2.45, 2.75) is 6.54 Å². The molecule has 16 heavy (non-hydrogen) atoms. The number of hydrogen-bond donors (Lipinski definition) is 0. The largest absolute Gasteiger partial charge is 0.281 e. The van der Waals surface area contributed by atoms with Gasteiger partial charge in [0.05, 0.1) is 0 Å². The molecule has 0 aliphatic rings. The van der Waals surface area contributed by atoms with Crippen LogP contribution in [0.4, 0.5) is 0 Å². The maximum atomic E-state index is 5.90. The molecule has 0 aromatic carbocycles. The van der Waals surface area contributed by atoms with Crippen molar-refractivity contribution in [2.24, 2.45) is 0 Å². The monoisotopic (exact) mass is 234 g/mol. The molecule has 3 heterocycles. The number of aromatic nitrogens is 6. The fraction of sp³-hybridized carbons (Fsp3) is 0.111. The molecule has 80 valence electrons. The first-order chi connectivity index (χ1) is 7.84. The molecule has 3 rings (SSSR count). The molecule has 0 N–H and O–H groups in total. The van der Waals surface area contributed by atoms with E-state index in [1.165, 1.54) is 0 Å². The summed E-state index contributed by atoms with van der Waals surface area (Å²) in [5, 5.41) is 12.5. The van der Waals surface area contributed by atoms with Gasteiger partial charge in [-0.05, 0) is 6.07 Å². The molecule has 0 radical (unpaired) electrons. The number of halogens is 1. The molecular weight excluding hydrogens is 228 g/mol. The van der Waals surface area contributed by atoms with E-state index in [2.05, 4.69) is 20.3 Å². The Hall–Kier alpha value is -1.95. The molecule has 6 nitrogen and oxygen atoms in total. The molecule has 0 aliphatic carbocycles. The van der Waals surface area contributed by atoms with Gasteiger partial charge in [-0.25, -0.2) is 4.98 Å². The quantitative estimate of drug-likeness (QED) is 0.664. The Morgan fingerprint density at radius 3 is 2.94 bits per heavy atom. The Bertz CT molecular complexity index is 614. The maximum Gasteiger partial charge on any atom is 0.198 e. The number of fused-ring (bicyclic) bond motifs is 1. The molecule has 0 unspecified atom stereocenters. The van der Waals surface area contributed by atoms with Gasteiger partial charge < -0.3 is 0 Å². The van der Waals surface area contributed by atoms with Crippen molar-refractivity contribution in [2.75, 3.05) is 0 Å². The second kappa shape index (κ2) is 3.57. The van der Waals surface area contributed by atoms with Crippen molar-refractivity contribution in [3.05, 3.63) is 41.8 Å². The SMILES string of the molecule is Clc1nccn2c(Cn3cccn3)nnc12. The van der Waals surface area contributed by atoms with Gasteiger partial charge in [0, 0.05) is 24.8 Å². The highest BCUT2D eigenvalue weighted by atomic mass is 35.5. The molecule has 7 heteroatoms. The summed E-state index contributed by atoms with van der Waals surface area (Å²) in [6.45, 7) is 0.550. The predicted octanol–water partition coefficient (Wildman–Crippen LogP) is 1.02. The van der Waals surface area contributed by atoms with Crippen LogP contribution >= 0.6 is 11.6 Å². The Labute approximate surface area is 95.5 Å². The predicted molar refractivity (Wildman–Crippen MR) is 57.1 cm³/mol. The third-order valence-electron chi connectivity index (χ3n) is 2.22. The smallest absolute Gasteiger partial charge is 0.198 e. The van der Waals surface area contributed by atoms with Gasteiger partial charge in [0.2, 0.25) is 0 Å². The molecule has 0 fully saturated rings. The van der Waals surface area contributed by atoms with Gasteiger partial charge in [-0.15, -0.1) is 10.2 Å². The Morgan fingerprint density at radius 2 is 2.12 bits per heavy atom. The average molecular weight is 235 g/mol. The lowest BCUT2D eigenvalue weighted by atomic mass is 10.5. The molecular formula is C9H7ClN6. The van der Waals surface area contributed by atoms with Gasteiger partial charge in [0.25, 0.3) is 0 Å². The van der Waals surface area contributed by atoms with E-state index < -0.39 is 0 Å². The average Bonchev–Trinajstić information content (AvgIpc) is 2.90. The van der Waals surface area contributed by atoms with Gasteiger partial charge in [0.1, 0.15) is 6.54 Å². The second-order valence-corrected chi connectivity index (χ2v) is 3.59. The van der Waals surface area contributed by atoms with Crippen LogP contribution in [0.5, 0.6) is 0 Å². The molecule has 0 atom stereocenters. The van der Waals surface area contributed by atoms with Crippen LogP contribution in [0.3, 0.4) is 0 Å². The first-order valence-electron chi connectivity index (χ1n) is 4.66. The topological polar surface area (TPSA) is 60.9 Å². The zero-order valence-corrected chi connectivity index (χ0v) is 8.91. The van der Waals surface area contributed by atoms with Gasteiger partial charge >= 0.3 is 0 Å². The molecule has 0 saturated heterocycles. The molecule has 3 aromatic heterocycles. The van der Waals surface area contributed by atoms with Crippen LogP contribution in [0, 0.1) is 0 Å². The van der Waals surface area contributed by atoms with Crippen LogP contribution in [0.2, 0.25) is 5.15 Å². The highest BCUT2D eigenvalue weighted by Crippen LogP contribution is 2.12. The van der Waals surface area contributed by atoms with Gasteiger partial charge in [-0.3, -0.25) is 9.08 Å². The van der Waals surface area contributed by atoms with Crippen LogP contribution in [-0.4, -0.2) is 29.4 Å². The highest BCUT2D eigenvalue weighted by Gasteiger charge is 2.08. The van der Waals surface area contributed by atoms with E-state index in [0.717, 1.165) is 5.82 Å². The normalized spacial score (nSPS) is 11.1. The summed E-state index contributed by atoms with van der Waals surface area (Å²) in [6.07, 6.45) is 6.98. The minimum Gasteiger partial charge on any atom is -0.281 e. The summed E-state index contributed by atoms with van der Waals surface area (Å²) < 4.78 is 3.57. The minimum absolute atomic E-state index is 0.349. The summed E-state index contributed by atoms with van der Waals surface area (Å²) in [5.74, 6) is 0.767. The molecule has 0 bridgehead atoms. The molecule has 0 saturated carbocycles. The van der Waals surface area contributed by atoms with E-state index >= 15 is 0 Å². The number of nitrogens with zero attached hydrogens (tertiary/aromatic N) is 6. The van der Waals surface area contributed by atoms with E-state index in [9.17, 15) is 0 Å². The second-order valence-electron chi connectivity index (χ2n) is 3.23. The highest BCUT2D eigenvalue weighted by molar-refractivity contribution is 6.32. The van der Waals surface area contributed by atoms with Crippen LogP contribution in [0.25, 0.3) is 5.65 Å². The number of hydrogen-bond acceptors (Lipinski definition) is 4. The third kappa shape index (κ3) is 1.43. The Morgan fingerprint density at radius 1 is 1.19 bits per heavy atom. The van der Waals surface area contributed by atoms with Crippen LogP contribution < -0.4 is 0 Å². The van der Waals surface area contributed by atoms with E-state index in [1.807, 2.05) is 12.3 Å². The van der Waals surface area contributed by atoms with Crippen LogP contribution in [0.1, 0.15) is 5.82 Å². The summed E-state index contributed by atoms with van der Waals surface area (Å²) >= 11 is 5.90. The van der Waals surface area contributed by atoms with E-state index in [4.69, 9.17) is 11.6 Å². The van der Waals surface area contributed by atoms with Crippen molar-refractivity contribution in [3.8, 4) is 0 Å². The Balaban J connectivity index is 2.08. The van der Waals surface area contributed by atoms with Crippen molar-refractivity contribution < 1.29 is 0 Å². The van der Waals surface area contributed by atoms with Gasteiger partial charge in [-0.2, -0.15) is 5.10 Å². The van der Waals surface area contributed by atoms with Gasteiger partial charge in [0.15, 0.2) is 16.6 Å². The summed E-state index contributed by atoms with van der Waals surface area (Å²) in [7, 11) is 0. The summed E-state index contributed by atoms with van der Waals surface area (Å²) in [6, 6.07) is 1.86. The van der Waals surface area contributed by atoms with Crippen LogP contribution in [-0.2, 0) is 6.54 Å². The minimum atomic E-state index is 0.349.